The maximum Gasteiger partial charge on any atom is 0.139 e. The molecular weight excluding hydrogens is 326 g/mol. The minimum Gasteiger partial charge on any atom is -0.383 e. The van der Waals surface area contributed by atoms with Crippen molar-refractivity contribution in [1.82, 2.24) is 9.38 Å². The van der Waals surface area contributed by atoms with Crippen molar-refractivity contribution in [3.8, 4) is 11.3 Å². The Morgan fingerprint density at radius 3 is 2.79 bits per heavy atom. The quantitative estimate of drug-likeness (QED) is 0.719. The molecule has 1 aromatic carbocycles. The van der Waals surface area contributed by atoms with Gasteiger partial charge in [-0.2, -0.15) is 0 Å². The zero-order valence-electron chi connectivity index (χ0n) is 10.2. The molecule has 2 N–H and O–H groups in total. The number of aromatic nitrogens is 2. The Hall–Kier alpha value is -1.52. The largest absolute Gasteiger partial charge is 0.383 e. The normalized spacial score (nSPS) is 11.1. The lowest BCUT2D eigenvalue weighted by molar-refractivity contribution is 1.16. The molecule has 0 fully saturated rings. The number of aryl methyl sites for hydroxylation is 1. The van der Waals surface area contributed by atoms with Crippen molar-refractivity contribution in [1.29, 1.82) is 0 Å². The van der Waals surface area contributed by atoms with E-state index >= 15 is 0 Å². The Kier molecular flexibility index (Phi) is 2.99. The molecule has 0 aliphatic heterocycles. The number of nitrogens with two attached hydrogens (primary N) is 1. The molecule has 3 rings (SSSR count). The Morgan fingerprint density at radius 1 is 1.26 bits per heavy atom. The van der Waals surface area contributed by atoms with Crippen LogP contribution in [-0.4, -0.2) is 9.38 Å². The van der Waals surface area contributed by atoms with Crippen LogP contribution in [-0.2, 0) is 0 Å². The standard InChI is InChI=1S/C14H11BrClN3/c1-8-2-5-12-18-13(14(17)19(12)7-8)9-3-4-11(16)10(15)6-9/h2-7H,17H2,1H3. The predicted molar refractivity (Wildman–Crippen MR) is 82.5 cm³/mol. The second-order valence-corrected chi connectivity index (χ2v) is 5.67. The van der Waals surface area contributed by atoms with Crippen LogP contribution in [0, 0.1) is 6.92 Å². The first-order valence-corrected chi connectivity index (χ1v) is 6.93. The number of nitrogen functional groups attached to an aromatic ring is 1. The van der Waals surface area contributed by atoms with Crippen molar-refractivity contribution in [2.75, 3.05) is 5.73 Å². The van der Waals surface area contributed by atoms with Gasteiger partial charge in [-0.25, -0.2) is 4.98 Å². The second-order valence-electron chi connectivity index (χ2n) is 4.41. The summed E-state index contributed by atoms with van der Waals surface area (Å²) in [6.45, 7) is 2.03. The summed E-state index contributed by atoms with van der Waals surface area (Å²) in [5, 5.41) is 0.668. The predicted octanol–water partition coefficient (Wildman–Crippen LogP) is 4.31. The van der Waals surface area contributed by atoms with Gasteiger partial charge in [-0.1, -0.05) is 23.7 Å². The van der Waals surface area contributed by atoms with Gasteiger partial charge in [0.2, 0.25) is 0 Å². The molecule has 96 valence electrons. The molecule has 0 amide bonds. The van der Waals surface area contributed by atoms with E-state index in [0.29, 0.717) is 10.8 Å². The lowest BCUT2D eigenvalue weighted by atomic mass is 10.1. The number of benzene rings is 1. The zero-order valence-corrected chi connectivity index (χ0v) is 12.5. The van der Waals surface area contributed by atoms with Gasteiger partial charge in [0.15, 0.2) is 0 Å². The molecule has 0 atom stereocenters. The molecule has 0 aliphatic carbocycles. The number of halogens is 2. The summed E-state index contributed by atoms with van der Waals surface area (Å²) in [7, 11) is 0. The Labute approximate surface area is 124 Å². The van der Waals surface area contributed by atoms with E-state index in [1.165, 1.54) is 0 Å². The van der Waals surface area contributed by atoms with Crippen LogP contribution in [0.5, 0.6) is 0 Å². The van der Waals surface area contributed by atoms with Crippen molar-refractivity contribution in [2.24, 2.45) is 0 Å². The van der Waals surface area contributed by atoms with Gasteiger partial charge >= 0.3 is 0 Å². The molecule has 3 aromatic rings. The zero-order chi connectivity index (χ0) is 13.6. The average molecular weight is 337 g/mol. The topological polar surface area (TPSA) is 43.3 Å². The van der Waals surface area contributed by atoms with Gasteiger partial charge in [0.25, 0.3) is 0 Å². The van der Waals surface area contributed by atoms with Gasteiger partial charge in [0, 0.05) is 16.2 Å². The van der Waals surface area contributed by atoms with Crippen molar-refractivity contribution in [2.45, 2.75) is 6.92 Å². The van der Waals surface area contributed by atoms with E-state index in [9.17, 15) is 0 Å². The van der Waals surface area contributed by atoms with Crippen LogP contribution in [0.4, 0.5) is 5.82 Å². The highest BCUT2D eigenvalue weighted by Crippen LogP contribution is 2.31. The highest BCUT2D eigenvalue weighted by atomic mass is 79.9. The van der Waals surface area contributed by atoms with Crippen LogP contribution >= 0.6 is 27.5 Å². The Balaban J connectivity index is 2.24. The van der Waals surface area contributed by atoms with Crippen molar-refractivity contribution in [3.63, 3.8) is 0 Å². The van der Waals surface area contributed by atoms with Crippen LogP contribution in [0.1, 0.15) is 5.56 Å². The molecule has 2 aromatic heterocycles. The van der Waals surface area contributed by atoms with E-state index in [4.69, 9.17) is 17.3 Å². The Bertz CT molecular complexity index is 780. The van der Waals surface area contributed by atoms with Crippen molar-refractivity contribution in [3.05, 3.63) is 51.6 Å². The third kappa shape index (κ3) is 2.11. The second kappa shape index (κ2) is 4.54. The summed E-state index contributed by atoms with van der Waals surface area (Å²) in [5.41, 5.74) is 9.86. The third-order valence-corrected chi connectivity index (χ3v) is 4.21. The van der Waals surface area contributed by atoms with Crippen LogP contribution < -0.4 is 5.73 Å². The molecule has 2 heterocycles. The third-order valence-electron chi connectivity index (χ3n) is 3.00. The molecule has 0 aliphatic rings. The van der Waals surface area contributed by atoms with Crippen molar-refractivity contribution < 1.29 is 0 Å². The maximum atomic E-state index is 6.18. The van der Waals surface area contributed by atoms with E-state index in [1.807, 2.05) is 47.9 Å². The number of nitrogens with zero attached hydrogens (tertiary/aromatic N) is 2. The minimum atomic E-state index is 0.632. The number of rotatable bonds is 1. The molecule has 0 spiro atoms. The summed E-state index contributed by atoms with van der Waals surface area (Å²) in [6, 6.07) is 9.64. The van der Waals surface area contributed by atoms with Crippen LogP contribution in [0.3, 0.4) is 0 Å². The number of hydrogen-bond acceptors (Lipinski definition) is 2. The molecule has 3 nitrogen and oxygen atoms in total. The number of anilines is 1. The highest BCUT2D eigenvalue weighted by Gasteiger charge is 2.12. The Morgan fingerprint density at radius 2 is 2.05 bits per heavy atom. The van der Waals surface area contributed by atoms with Gasteiger partial charge in [0.1, 0.15) is 17.2 Å². The molecule has 0 bridgehead atoms. The molecular formula is C14H11BrClN3. The van der Waals surface area contributed by atoms with Gasteiger partial charge in [-0.05, 0) is 46.6 Å². The fourth-order valence-corrected chi connectivity index (χ4v) is 2.52. The van der Waals surface area contributed by atoms with Gasteiger partial charge in [0.05, 0.1) is 5.02 Å². The van der Waals surface area contributed by atoms with E-state index < -0.39 is 0 Å². The van der Waals surface area contributed by atoms with E-state index in [2.05, 4.69) is 20.9 Å². The summed E-state index contributed by atoms with van der Waals surface area (Å²) in [5.74, 6) is 0.632. The molecule has 0 unspecified atom stereocenters. The monoisotopic (exact) mass is 335 g/mol. The number of fused-ring (bicyclic) bond motifs is 1. The van der Waals surface area contributed by atoms with Crippen molar-refractivity contribution >= 4 is 39.0 Å². The maximum absolute atomic E-state index is 6.18. The van der Waals surface area contributed by atoms with Gasteiger partial charge < -0.3 is 5.73 Å². The fraction of sp³-hybridized carbons (Fsp3) is 0.0714. The number of pyridine rings is 1. The summed E-state index contributed by atoms with van der Waals surface area (Å²) < 4.78 is 2.73. The first-order chi connectivity index (χ1) is 9.06. The number of hydrogen-bond donors (Lipinski definition) is 1. The molecule has 0 radical (unpaired) electrons. The summed E-state index contributed by atoms with van der Waals surface area (Å²) in [4.78, 5) is 4.57. The lowest BCUT2D eigenvalue weighted by Crippen LogP contribution is -1.94. The lowest BCUT2D eigenvalue weighted by Gasteiger charge is -2.02. The van der Waals surface area contributed by atoms with E-state index in [-0.39, 0.29) is 0 Å². The number of imidazole rings is 1. The molecule has 0 saturated heterocycles. The van der Waals surface area contributed by atoms with Gasteiger partial charge in [-0.3, -0.25) is 4.40 Å². The summed E-state index contributed by atoms with van der Waals surface area (Å²) >= 11 is 9.42. The summed E-state index contributed by atoms with van der Waals surface area (Å²) in [6.07, 6.45) is 1.98. The first kappa shape index (κ1) is 12.5. The average Bonchev–Trinajstić information content (AvgIpc) is 2.70. The van der Waals surface area contributed by atoms with Gasteiger partial charge in [-0.15, -0.1) is 0 Å². The highest BCUT2D eigenvalue weighted by molar-refractivity contribution is 9.10. The fourth-order valence-electron chi connectivity index (χ4n) is 2.02. The molecule has 5 heteroatoms. The van der Waals surface area contributed by atoms with E-state index in [0.717, 1.165) is 26.9 Å². The molecule has 19 heavy (non-hydrogen) atoms. The SMILES string of the molecule is Cc1ccc2nc(-c3ccc(Cl)c(Br)c3)c(N)n2c1. The van der Waals surface area contributed by atoms with Crippen LogP contribution in [0.15, 0.2) is 41.0 Å². The van der Waals surface area contributed by atoms with E-state index in [1.54, 1.807) is 0 Å². The van der Waals surface area contributed by atoms with Crippen LogP contribution in [0.25, 0.3) is 16.9 Å². The minimum absolute atomic E-state index is 0.632. The van der Waals surface area contributed by atoms with Crippen LogP contribution in [0.2, 0.25) is 5.02 Å². The molecule has 0 saturated carbocycles. The first-order valence-electron chi connectivity index (χ1n) is 5.76. The smallest absolute Gasteiger partial charge is 0.139 e.